The molecule has 4 atom stereocenters. The topological polar surface area (TPSA) is 69.7 Å². The van der Waals surface area contributed by atoms with Gasteiger partial charge in [-0.15, -0.1) is 0 Å². The van der Waals surface area contributed by atoms with E-state index in [1.807, 2.05) is 42.5 Å². The normalized spacial score (nSPS) is 25.1. The van der Waals surface area contributed by atoms with Crippen LogP contribution >= 0.6 is 0 Å². The molecule has 0 N–H and O–H groups in total. The monoisotopic (exact) mass is 404 g/mol. The molecule has 4 rings (SSSR count). The van der Waals surface area contributed by atoms with Crippen molar-refractivity contribution < 1.29 is 23.9 Å². The van der Waals surface area contributed by atoms with Crippen LogP contribution in [-0.2, 0) is 25.5 Å². The molecule has 0 bridgehead atoms. The number of carbonyl (C=O) groups excluding carboxylic acids is 3. The van der Waals surface area contributed by atoms with Gasteiger partial charge in [0.2, 0.25) is 0 Å². The molecule has 2 aliphatic rings. The smallest absolute Gasteiger partial charge is 0.338 e. The number of benzene rings is 2. The zero-order valence-electron chi connectivity index (χ0n) is 16.6. The molecule has 1 aliphatic carbocycles. The Labute approximate surface area is 175 Å². The third-order valence-electron chi connectivity index (χ3n) is 5.83. The predicted octanol–water partition coefficient (Wildman–Crippen LogP) is 3.92. The highest BCUT2D eigenvalue weighted by molar-refractivity contribution is 5.90. The van der Waals surface area contributed by atoms with E-state index in [0.717, 1.165) is 5.56 Å². The molecule has 1 saturated carbocycles. The maximum Gasteiger partial charge on any atom is 0.338 e. The van der Waals surface area contributed by atoms with E-state index < -0.39 is 12.1 Å². The van der Waals surface area contributed by atoms with Crippen molar-refractivity contribution in [2.24, 2.45) is 11.8 Å². The first kappa shape index (κ1) is 20.1. The summed E-state index contributed by atoms with van der Waals surface area (Å²) >= 11 is 0. The highest BCUT2D eigenvalue weighted by Crippen LogP contribution is 2.43. The summed E-state index contributed by atoms with van der Waals surface area (Å²) in [6.45, 7) is 0. The highest BCUT2D eigenvalue weighted by atomic mass is 16.6. The molecule has 0 spiro atoms. The third kappa shape index (κ3) is 4.67. The molecule has 1 saturated heterocycles. The molecule has 5 nitrogen and oxygen atoms in total. The van der Waals surface area contributed by atoms with Gasteiger partial charge in [-0.3, -0.25) is 9.59 Å². The van der Waals surface area contributed by atoms with Crippen LogP contribution in [0.25, 0.3) is 0 Å². The summed E-state index contributed by atoms with van der Waals surface area (Å²) in [5.74, 6) is -0.896. The van der Waals surface area contributed by atoms with Crippen LogP contribution in [0.2, 0.25) is 0 Å². The number of ketones is 1. The molecule has 0 aromatic heterocycles. The van der Waals surface area contributed by atoms with Crippen molar-refractivity contribution >= 4 is 17.7 Å². The molecule has 154 valence electrons. The van der Waals surface area contributed by atoms with Gasteiger partial charge >= 0.3 is 11.9 Å². The third-order valence-corrected chi connectivity index (χ3v) is 5.83. The molecular weight excluding hydrogens is 380 g/mol. The second kappa shape index (κ2) is 9.08. The lowest BCUT2D eigenvalue weighted by Gasteiger charge is -2.20. The summed E-state index contributed by atoms with van der Waals surface area (Å²) in [6.07, 6.45) is 4.53. The van der Waals surface area contributed by atoms with Crippen LogP contribution in [0.5, 0.6) is 0 Å². The number of rotatable bonds is 7. The zero-order chi connectivity index (χ0) is 20.9. The second-order valence-electron chi connectivity index (χ2n) is 7.83. The van der Waals surface area contributed by atoms with Gasteiger partial charge in [0.1, 0.15) is 12.2 Å². The summed E-state index contributed by atoms with van der Waals surface area (Å²) in [7, 11) is 0. The second-order valence-corrected chi connectivity index (χ2v) is 7.83. The fourth-order valence-electron chi connectivity index (χ4n) is 4.28. The van der Waals surface area contributed by atoms with E-state index >= 15 is 0 Å². The van der Waals surface area contributed by atoms with Crippen LogP contribution in [0, 0.1) is 11.8 Å². The largest absolute Gasteiger partial charge is 0.462 e. The van der Waals surface area contributed by atoms with Gasteiger partial charge in [-0.2, -0.15) is 0 Å². The maximum absolute atomic E-state index is 12.5. The van der Waals surface area contributed by atoms with Crippen molar-refractivity contribution in [2.45, 2.75) is 37.9 Å². The number of aryl methyl sites for hydroxylation is 1. The van der Waals surface area contributed by atoms with Crippen LogP contribution < -0.4 is 0 Å². The van der Waals surface area contributed by atoms with Crippen molar-refractivity contribution in [2.75, 3.05) is 0 Å². The lowest BCUT2D eigenvalue weighted by Crippen LogP contribution is -2.25. The number of carbonyl (C=O) groups is 3. The fraction of sp³-hybridized carbons (Fsp3) is 0.320. The minimum atomic E-state index is -0.418. The quantitative estimate of drug-likeness (QED) is 0.517. The molecule has 2 aromatic carbocycles. The van der Waals surface area contributed by atoms with Gasteiger partial charge in [0.15, 0.2) is 5.78 Å². The number of esters is 2. The number of allylic oxidation sites excluding steroid dienone is 1. The first-order valence-corrected chi connectivity index (χ1v) is 10.3. The van der Waals surface area contributed by atoms with Crippen LogP contribution in [-0.4, -0.2) is 29.9 Å². The molecule has 0 unspecified atom stereocenters. The highest BCUT2D eigenvalue weighted by Gasteiger charge is 2.50. The van der Waals surface area contributed by atoms with Gasteiger partial charge in [0.05, 0.1) is 12.0 Å². The standard InChI is InChI=1S/C25H24O5/c26-19(12-11-17-7-3-1-4-8-17)13-14-20-21-15-24(27)29-23(21)16-22(20)30-25(28)18-9-5-2-6-10-18/h1-10,13-14,20-23H,11-12,15-16H2/b14-13-/t20-,21-,22-,23+/m1/s1. The van der Waals surface area contributed by atoms with Crippen molar-refractivity contribution in [3.05, 3.63) is 83.9 Å². The van der Waals surface area contributed by atoms with Crippen LogP contribution in [0.4, 0.5) is 0 Å². The molecule has 2 fully saturated rings. The van der Waals surface area contributed by atoms with Gasteiger partial charge in [-0.25, -0.2) is 4.79 Å². The predicted molar refractivity (Wildman–Crippen MR) is 111 cm³/mol. The molecule has 1 aliphatic heterocycles. The molecule has 0 amide bonds. The fourth-order valence-corrected chi connectivity index (χ4v) is 4.28. The maximum atomic E-state index is 12.5. The lowest BCUT2D eigenvalue weighted by molar-refractivity contribution is -0.141. The number of hydrogen-bond donors (Lipinski definition) is 0. The van der Waals surface area contributed by atoms with Gasteiger partial charge in [0.25, 0.3) is 0 Å². The summed E-state index contributed by atoms with van der Waals surface area (Å²) in [5.41, 5.74) is 1.60. The van der Waals surface area contributed by atoms with Crippen LogP contribution in [0.15, 0.2) is 72.8 Å². The number of ether oxygens (including phenoxy) is 2. The van der Waals surface area contributed by atoms with Crippen molar-refractivity contribution in [3.8, 4) is 0 Å². The summed E-state index contributed by atoms with van der Waals surface area (Å²) in [5, 5.41) is 0. The van der Waals surface area contributed by atoms with E-state index in [-0.39, 0.29) is 36.1 Å². The first-order chi connectivity index (χ1) is 14.6. The Morgan fingerprint density at radius 1 is 1.03 bits per heavy atom. The van der Waals surface area contributed by atoms with Crippen molar-refractivity contribution in [1.82, 2.24) is 0 Å². The minimum Gasteiger partial charge on any atom is -0.462 e. The average Bonchev–Trinajstić information content (AvgIpc) is 3.27. The number of fused-ring (bicyclic) bond motifs is 1. The Bertz CT molecular complexity index is 935. The van der Waals surface area contributed by atoms with E-state index in [4.69, 9.17) is 9.47 Å². The molecule has 0 radical (unpaired) electrons. The van der Waals surface area contributed by atoms with Crippen LogP contribution in [0.1, 0.15) is 35.2 Å². The molecule has 1 heterocycles. The van der Waals surface area contributed by atoms with Gasteiger partial charge in [0, 0.05) is 24.7 Å². The lowest BCUT2D eigenvalue weighted by atomic mass is 9.91. The Balaban J connectivity index is 1.42. The Hall–Kier alpha value is -3.21. The Morgan fingerprint density at radius 2 is 1.73 bits per heavy atom. The van der Waals surface area contributed by atoms with E-state index in [1.54, 1.807) is 30.3 Å². The van der Waals surface area contributed by atoms with Crippen LogP contribution in [0.3, 0.4) is 0 Å². The number of hydrogen-bond acceptors (Lipinski definition) is 5. The summed E-state index contributed by atoms with van der Waals surface area (Å²) < 4.78 is 11.1. The average molecular weight is 404 g/mol. The zero-order valence-corrected chi connectivity index (χ0v) is 16.6. The van der Waals surface area contributed by atoms with Gasteiger partial charge in [-0.1, -0.05) is 54.6 Å². The first-order valence-electron chi connectivity index (χ1n) is 10.3. The Morgan fingerprint density at radius 3 is 2.47 bits per heavy atom. The van der Waals surface area contributed by atoms with E-state index in [2.05, 4.69) is 0 Å². The molecule has 2 aromatic rings. The molecule has 5 heteroatoms. The van der Waals surface area contributed by atoms with Gasteiger partial charge in [-0.05, 0) is 30.2 Å². The van der Waals surface area contributed by atoms with Gasteiger partial charge < -0.3 is 9.47 Å². The Kier molecular flexibility index (Phi) is 6.07. The summed E-state index contributed by atoms with van der Waals surface area (Å²) in [4.78, 5) is 36.6. The van der Waals surface area contributed by atoms with E-state index in [1.165, 1.54) is 0 Å². The summed E-state index contributed by atoms with van der Waals surface area (Å²) in [6, 6.07) is 18.7. The van der Waals surface area contributed by atoms with Crippen molar-refractivity contribution in [3.63, 3.8) is 0 Å². The SMILES string of the molecule is O=C(/C=C\[C@@H]1[C@H]2CC(=O)O[C@H]2C[C@H]1OC(=O)c1ccccc1)CCc1ccccc1. The molecule has 30 heavy (non-hydrogen) atoms. The van der Waals surface area contributed by atoms with E-state index in [0.29, 0.717) is 24.8 Å². The molecular formula is C25H24O5. The van der Waals surface area contributed by atoms with Crippen molar-refractivity contribution in [1.29, 1.82) is 0 Å². The minimum absolute atomic E-state index is 0.0145. The van der Waals surface area contributed by atoms with E-state index in [9.17, 15) is 14.4 Å².